The normalized spacial score (nSPS) is 15.7. The van der Waals surface area contributed by atoms with E-state index in [0.29, 0.717) is 0 Å². The Kier molecular flexibility index (Phi) is 6.07. The van der Waals surface area contributed by atoms with Crippen molar-refractivity contribution in [1.82, 2.24) is 4.67 Å². The van der Waals surface area contributed by atoms with Crippen LogP contribution in [0.15, 0.2) is 0 Å². The predicted molar refractivity (Wildman–Crippen MR) is 60.1 cm³/mol. The van der Waals surface area contributed by atoms with Crippen LogP contribution in [0.5, 0.6) is 0 Å². The molecule has 0 aromatic rings. The van der Waals surface area contributed by atoms with Gasteiger partial charge in [0, 0.05) is 12.1 Å². The van der Waals surface area contributed by atoms with Crippen molar-refractivity contribution >= 4 is 7.67 Å². The largest absolute Gasteiger partial charge is 0.341 e. The van der Waals surface area contributed by atoms with Crippen LogP contribution in [0.25, 0.3) is 0 Å². The summed E-state index contributed by atoms with van der Waals surface area (Å²) in [7, 11) is -3.26. The van der Waals surface area contributed by atoms with E-state index >= 15 is 0 Å². The van der Waals surface area contributed by atoms with Gasteiger partial charge in [-0.3, -0.25) is 4.57 Å². The number of hydrogen-bond donors (Lipinski definition) is 1. The molecule has 2 N–H and O–H groups in total. The maximum absolute atomic E-state index is 12.0. The van der Waals surface area contributed by atoms with Crippen LogP contribution in [-0.4, -0.2) is 23.4 Å². The van der Waals surface area contributed by atoms with E-state index in [1.165, 1.54) is 0 Å². The topological polar surface area (TPSA) is 79.3 Å². The summed E-state index contributed by atoms with van der Waals surface area (Å²) in [6.07, 6.45) is 0.200. The molecule has 0 aliphatic rings. The second-order valence-electron chi connectivity index (χ2n) is 3.87. The van der Waals surface area contributed by atoms with Gasteiger partial charge in [0.05, 0.1) is 19.1 Å². The maximum atomic E-state index is 12.0. The lowest BCUT2D eigenvalue weighted by Gasteiger charge is -2.34. The van der Waals surface area contributed by atoms with E-state index in [9.17, 15) is 4.57 Å². The van der Waals surface area contributed by atoms with Gasteiger partial charge in [0.25, 0.3) is 0 Å². The number of rotatable bonds is 6. The maximum Gasteiger partial charge on any atom is 0.341 e. The first-order valence-electron chi connectivity index (χ1n) is 5.01. The molecule has 0 aliphatic heterocycles. The Morgan fingerprint density at radius 2 is 1.87 bits per heavy atom. The van der Waals surface area contributed by atoms with E-state index in [-0.39, 0.29) is 25.1 Å². The average molecular weight is 233 g/mol. The van der Waals surface area contributed by atoms with E-state index in [0.717, 1.165) is 0 Å². The van der Waals surface area contributed by atoms with E-state index in [1.807, 2.05) is 33.8 Å². The minimum atomic E-state index is -3.26. The first-order valence-corrected chi connectivity index (χ1v) is 6.66. The van der Waals surface area contributed by atoms with Gasteiger partial charge in [-0.25, -0.2) is 10.2 Å². The molecule has 88 valence electrons. The van der Waals surface area contributed by atoms with Crippen LogP contribution >= 0.6 is 7.67 Å². The van der Waals surface area contributed by atoms with Gasteiger partial charge in [-0.05, 0) is 27.7 Å². The van der Waals surface area contributed by atoms with Crippen LogP contribution in [0.4, 0.5) is 0 Å². The summed E-state index contributed by atoms with van der Waals surface area (Å²) >= 11 is 0. The van der Waals surface area contributed by atoms with Gasteiger partial charge < -0.3 is 4.52 Å². The zero-order chi connectivity index (χ0) is 12.1. The third kappa shape index (κ3) is 4.76. The smallest absolute Gasteiger partial charge is 0.305 e. The summed E-state index contributed by atoms with van der Waals surface area (Å²) < 4.78 is 18.8. The van der Waals surface area contributed by atoms with E-state index in [2.05, 4.69) is 0 Å². The van der Waals surface area contributed by atoms with E-state index in [4.69, 9.17) is 15.3 Å². The first kappa shape index (κ1) is 14.6. The predicted octanol–water partition coefficient (Wildman–Crippen LogP) is 2.10. The highest BCUT2D eigenvalue weighted by atomic mass is 31.2. The summed E-state index contributed by atoms with van der Waals surface area (Å²) in [6, 6.07) is 2.01. The van der Waals surface area contributed by atoms with Gasteiger partial charge in [-0.15, -0.1) is 0 Å². The zero-order valence-electron chi connectivity index (χ0n) is 9.80. The van der Waals surface area contributed by atoms with E-state index in [1.54, 1.807) is 4.67 Å². The molecular weight excluding hydrogens is 213 g/mol. The van der Waals surface area contributed by atoms with Crippen molar-refractivity contribution in [2.45, 2.75) is 46.2 Å². The van der Waals surface area contributed by atoms with Crippen LogP contribution in [0.2, 0.25) is 0 Å². The Morgan fingerprint density at radius 3 is 2.20 bits per heavy atom. The number of hydrogen-bond acceptors (Lipinski definition) is 3. The summed E-state index contributed by atoms with van der Waals surface area (Å²) in [5, 5.41) is 8.35. The van der Waals surface area contributed by atoms with Crippen LogP contribution < -0.4 is 5.50 Å². The summed E-state index contributed by atoms with van der Waals surface area (Å²) in [5.74, 6) is 0. The average Bonchev–Trinajstić information content (AvgIpc) is 2.01. The lowest BCUT2D eigenvalue weighted by atomic mass is 10.3. The Labute approximate surface area is 91.8 Å². The SMILES string of the molecule is CC(C)N(C(C)C)P(N)(=O)OCCC#N. The molecule has 0 radical (unpaired) electrons. The lowest BCUT2D eigenvalue weighted by molar-refractivity contribution is 0.219. The fourth-order valence-corrected chi connectivity index (χ4v) is 3.30. The molecule has 0 saturated heterocycles. The summed E-state index contributed by atoms with van der Waals surface area (Å²) in [4.78, 5) is 0. The molecule has 0 aromatic carbocycles. The lowest BCUT2D eigenvalue weighted by Crippen LogP contribution is -2.37. The highest BCUT2D eigenvalue weighted by Crippen LogP contribution is 2.45. The molecule has 1 unspecified atom stereocenters. The number of nitriles is 1. The van der Waals surface area contributed by atoms with Crippen molar-refractivity contribution in [1.29, 1.82) is 5.26 Å². The Morgan fingerprint density at radius 1 is 1.40 bits per heavy atom. The summed E-state index contributed by atoms with van der Waals surface area (Å²) in [6.45, 7) is 7.75. The third-order valence-corrected chi connectivity index (χ3v) is 3.99. The van der Waals surface area contributed by atoms with Crippen molar-refractivity contribution in [3.05, 3.63) is 0 Å². The van der Waals surface area contributed by atoms with E-state index < -0.39 is 7.67 Å². The molecule has 15 heavy (non-hydrogen) atoms. The Hall–Kier alpha value is -0.400. The Balaban J connectivity index is 4.52. The second-order valence-corrected chi connectivity index (χ2v) is 5.72. The quantitative estimate of drug-likeness (QED) is 0.561. The molecular formula is C9H20N3O2P. The molecule has 5 nitrogen and oxygen atoms in total. The van der Waals surface area contributed by atoms with Gasteiger partial charge in [-0.1, -0.05) is 0 Å². The van der Waals surface area contributed by atoms with Crippen LogP contribution in [0.1, 0.15) is 34.1 Å². The van der Waals surface area contributed by atoms with Crippen molar-refractivity contribution in [2.75, 3.05) is 6.61 Å². The second kappa shape index (κ2) is 6.24. The molecule has 1 atom stereocenters. The van der Waals surface area contributed by atoms with Crippen LogP contribution in [-0.2, 0) is 9.09 Å². The van der Waals surface area contributed by atoms with Gasteiger partial charge in [0.2, 0.25) is 0 Å². The molecule has 0 fully saturated rings. The molecule has 0 heterocycles. The van der Waals surface area contributed by atoms with Gasteiger partial charge >= 0.3 is 7.67 Å². The van der Waals surface area contributed by atoms with Crippen molar-refractivity contribution < 1.29 is 9.09 Å². The highest BCUT2D eigenvalue weighted by molar-refractivity contribution is 7.53. The summed E-state index contributed by atoms with van der Waals surface area (Å²) in [5.41, 5.74) is 5.65. The van der Waals surface area contributed by atoms with Gasteiger partial charge in [0.15, 0.2) is 0 Å². The minimum Gasteiger partial charge on any atom is -0.305 e. The molecule has 0 saturated carbocycles. The molecule has 0 aliphatic carbocycles. The zero-order valence-corrected chi connectivity index (χ0v) is 10.7. The fourth-order valence-electron chi connectivity index (χ4n) is 1.53. The number of nitrogens with zero attached hydrogens (tertiary/aromatic N) is 2. The monoisotopic (exact) mass is 233 g/mol. The number of nitrogens with two attached hydrogens (primary N) is 1. The minimum absolute atomic E-state index is 0.0444. The standard InChI is InChI=1S/C9H20N3O2P/c1-8(2)12(9(3)4)15(11,13)14-7-5-6-10/h8-9H,5,7H2,1-4H3,(H2,11,13). The third-order valence-electron chi connectivity index (χ3n) is 1.87. The molecule has 0 rings (SSSR count). The van der Waals surface area contributed by atoms with Crippen molar-refractivity contribution in [3.8, 4) is 6.07 Å². The molecule has 0 amide bonds. The Bertz CT molecular complexity index is 265. The first-order chi connectivity index (χ1) is 6.83. The molecule has 0 aromatic heterocycles. The molecule has 0 bridgehead atoms. The van der Waals surface area contributed by atoms with Crippen molar-refractivity contribution in [3.63, 3.8) is 0 Å². The molecule has 0 spiro atoms. The van der Waals surface area contributed by atoms with Crippen LogP contribution in [0, 0.1) is 11.3 Å². The van der Waals surface area contributed by atoms with Crippen LogP contribution in [0.3, 0.4) is 0 Å². The van der Waals surface area contributed by atoms with Gasteiger partial charge in [0.1, 0.15) is 0 Å². The van der Waals surface area contributed by atoms with Crippen molar-refractivity contribution in [2.24, 2.45) is 5.50 Å². The highest BCUT2D eigenvalue weighted by Gasteiger charge is 2.31. The van der Waals surface area contributed by atoms with Gasteiger partial charge in [-0.2, -0.15) is 5.26 Å². The molecule has 6 heteroatoms. The fraction of sp³-hybridized carbons (Fsp3) is 0.889.